The zero-order valence-corrected chi connectivity index (χ0v) is 19.2. The van der Waals surface area contributed by atoms with Crippen molar-refractivity contribution in [1.29, 1.82) is 0 Å². The van der Waals surface area contributed by atoms with Gasteiger partial charge in [-0.3, -0.25) is 19.4 Å². The Balaban J connectivity index is 1.71. The SMILES string of the molecule is COc1ccc(C=C2C(=O)N(c3ccccc3)C(=S)N(c3ccccc3)C2=O)c2ccccc12. The van der Waals surface area contributed by atoms with Gasteiger partial charge in [0.15, 0.2) is 5.11 Å². The van der Waals surface area contributed by atoms with Crippen LogP contribution in [0.3, 0.4) is 0 Å². The number of carbonyl (C=O) groups excluding carboxylic acids is 2. The molecule has 4 aromatic carbocycles. The van der Waals surface area contributed by atoms with Gasteiger partial charge in [-0.1, -0.05) is 66.7 Å². The molecule has 6 heteroatoms. The maximum Gasteiger partial charge on any atom is 0.270 e. The van der Waals surface area contributed by atoms with Crippen molar-refractivity contribution < 1.29 is 14.3 Å². The molecule has 5 rings (SSSR count). The van der Waals surface area contributed by atoms with E-state index < -0.39 is 11.8 Å². The first-order valence-corrected chi connectivity index (χ1v) is 11.1. The van der Waals surface area contributed by atoms with E-state index in [1.807, 2.05) is 72.8 Å². The van der Waals surface area contributed by atoms with Crippen LogP contribution in [0.2, 0.25) is 0 Å². The second kappa shape index (κ2) is 8.92. The van der Waals surface area contributed by atoms with Crippen LogP contribution in [0, 0.1) is 0 Å². The van der Waals surface area contributed by atoms with Gasteiger partial charge < -0.3 is 4.74 Å². The van der Waals surface area contributed by atoms with Crippen molar-refractivity contribution in [3.05, 3.63) is 108 Å². The lowest BCUT2D eigenvalue weighted by Gasteiger charge is -2.36. The molecule has 0 N–H and O–H groups in total. The normalized spacial score (nSPS) is 14.0. The molecule has 0 bridgehead atoms. The van der Waals surface area contributed by atoms with Crippen LogP contribution in [-0.4, -0.2) is 24.0 Å². The first-order chi connectivity index (χ1) is 16.6. The minimum absolute atomic E-state index is 0.0247. The third-order valence-corrected chi connectivity index (χ3v) is 6.08. The Bertz CT molecular complexity index is 1390. The Labute approximate surface area is 202 Å². The van der Waals surface area contributed by atoms with E-state index in [0.29, 0.717) is 11.4 Å². The first kappa shape index (κ1) is 21.6. The molecule has 1 saturated heterocycles. The van der Waals surface area contributed by atoms with Crippen molar-refractivity contribution >= 4 is 57.4 Å². The van der Waals surface area contributed by atoms with Crippen LogP contribution in [0.15, 0.2) is 103 Å². The average molecular weight is 465 g/mol. The molecule has 1 heterocycles. The fourth-order valence-electron chi connectivity index (χ4n) is 4.09. The number of ether oxygens (including phenoxy) is 1. The lowest BCUT2D eigenvalue weighted by molar-refractivity contribution is -0.120. The highest BCUT2D eigenvalue weighted by Gasteiger charge is 2.41. The van der Waals surface area contributed by atoms with Gasteiger partial charge >= 0.3 is 0 Å². The Morgan fingerprint density at radius 1 is 0.676 bits per heavy atom. The zero-order valence-electron chi connectivity index (χ0n) is 18.3. The molecule has 34 heavy (non-hydrogen) atoms. The summed E-state index contributed by atoms with van der Waals surface area (Å²) < 4.78 is 5.49. The number of thiocarbonyl (C=S) groups is 1. The van der Waals surface area contributed by atoms with E-state index in [-0.39, 0.29) is 10.7 Å². The Morgan fingerprint density at radius 2 is 1.18 bits per heavy atom. The van der Waals surface area contributed by atoms with E-state index in [1.165, 1.54) is 9.80 Å². The van der Waals surface area contributed by atoms with Crippen molar-refractivity contribution in [2.24, 2.45) is 0 Å². The molecule has 0 saturated carbocycles. The van der Waals surface area contributed by atoms with E-state index >= 15 is 0 Å². The summed E-state index contributed by atoms with van der Waals surface area (Å²) in [6, 6.07) is 29.6. The number of amides is 2. The predicted molar refractivity (Wildman–Crippen MR) is 139 cm³/mol. The second-order valence-corrected chi connectivity index (χ2v) is 8.06. The van der Waals surface area contributed by atoms with Crippen molar-refractivity contribution in [3.63, 3.8) is 0 Å². The van der Waals surface area contributed by atoms with E-state index in [2.05, 4.69) is 0 Å². The molecule has 1 fully saturated rings. The molecule has 0 aliphatic carbocycles. The van der Waals surface area contributed by atoms with Crippen LogP contribution in [0.4, 0.5) is 11.4 Å². The number of anilines is 2. The van der Waals surface area contributed by atoms with Gasteiger partial charge in [-0.2, -0.15) is 0 Å². The van der Waals surface area contributed by atoms with E-state index in [9.17, 15) is 9.59 Å². The highest BCUT2D eigenvalue weighted by molar-refractivity contribution is 7.81. The molecular formula is C28H20N2O3S. The highest BCUT2D eigenvalue weighted by Crippen LogP contribution is 2.33. The fourth-order valence-corrected chi connectivity index (χ4v) is 4.47. The van der Waals surface area contributed by atoms with Gasteiger partial charge in [0.25, 0.3) is 11.8 Å². The second-order valence-electron chi connectivity index (χ2n) is 7.70. The van der Waals surface area contributed by atoms with Gasteiger partial charge in [-0.15, -0.1) is 0 Å². The van der Waals surface area contributed by atoms with E-state index in [0.717, 1.165) is 22.1 Å². The van der Waals surface area contributed by atoms with Crippen molar-refractivity contribution in [2.75, 3.05) is 16.9 Å². The minimum Gasteiger partial charge on any atom is -0.496 e. The molecule has 0 unspecified atom stereocenters. The largest absolute Gasteiger partial charge is 0.496 e. The number of para-hydroxylation sites is 2. The average Bonchev–Trinajstić information content (AvgIpc) is 2.88. The third kappa shape index (κ3) is 3.64. The Kier molecular flexibility index (Phi) is 5.65. The number of fused-ring (bicyclic) bond motifs is 1. The summed E-state index contributed by atoms with van der Waals surface area (Å²) in [5.74, 6) is -0.210. The molecule has 1 aliphatic heterocycles. The number of rotatable bonds is 4. The van der Waals surface area contributed by atoms with Crippen LogP contribution in [-0.2, 0) is 9.59 Å². The van der Waals surface area contributed by atoms with Gasteiger partial charge in [0.2, 0.25) is 0 Å². The number of benzene rings is 4. The van der Waals surface area contributed by atoms with Crippen molar-refractivity contribution in [3.8, 4) is 5.75 Å². The summed E-state index contributed by atoms with van der Waals surface area (Å²) in [6.07, 6.45) is 1.64. The van der Waals surface area contributed by atoms with Crippen LogP contribution in [0.5, 0.6) is 5.75 Å². The Hall–Kier alpha value is -4.29. The number of hydrogen-bond acceptors (Lipinski definition) is 4. The minimum atomic E-state index is -0.465. The Morgan fingerprint density at radius 3 is 1.71 bits per heavy atom. The lowest BCUT2D eigenvalue weighted by atomic mass is 9.99. The molecule has 166 valence electrons. The van der Waals surface area contributed by atoms with E-state index in [1.54, 1.807) is 37.5 Å². The van der Waals surface area contributed by atoms with Gasteiger partial charge in [0.05, 0.1) is 18.5 Å². The van der Waals surface area contributed by atoms with Gasteiger partial charge in [0, 0.05) is 5.39 Å². The molecule has 2 amide bonds. The maximum atomic E-state index is 13.7. The summed E-state index contributed by atoms with van der Waals surface area (Å²) in [5.41, 5.74) is 1.95. The molecule has 0 aromatic heterocycles. The molecule has 0 radical (unpaired) electrons. The molecule has 1 aliphatic rings. The van der Waals surface area contributed by atoms with Crippen LogP contribution >= 0.6 is 12.2 Å². The summed E-state index contributed by atoms with van der Waals surface area (Å²) in [6.45, 7) is 0. The molecular weight excluding hydrogens is 444 g/mol. The van der Waals surface area contributed by atoms with Gasteiger partial charge in [0.1, 0.15) is 11.3 Å². The predicted octanol–water partition coefficient (Wildman–Crippen LogP) is 5.60. The van der Waals surface area contributed by atoms with Crippen LogP contribution < -0.4 is 14.5 Å². The fraction of sp³-hybridized carbons (Fsp3) is 0.0357. The molecule has 4 aromatic rings. The summed E-state index contributed by atoms with van der Waals surface area (Å²) in [5, 5.41) is 1.88. The van der Waals surface area contributed by atoms with Gasteiger partial charge in [-0.05, 0) is 59.6 Å². The number of methoxy groups -OCH3 is 1. The van der Waals surface area contributed by atoms with Crippen molar-refractivity contribution in [1.82, 2.24) is 0 Å². The summed E-state index contributed by atoms with van der Waals surface area (Å²) >= 11 is 5.66. The first-order valence-electron chi connectivity index (χ1n) is 10.7. The summed E-state index contributed by atoms with van der Waals surface area (Å²) in [4.78, 5) is 30.2. The van der Waals surface area contributed by atoms with E-state index in [4.69, 9.17) is 17.0 Å². The molecule has 5 nitrogen and oxygen atoms in total. The monoisotopic (exact) mass is 464 g/mol. The highest BCUT2D eigenvalue weighted by atomic mass is 32.1. The van der Waals surface area contributed by atoms with Gasteiger partial charge in [-0.25, -0.2) is 0 Å². The number of carbonyl (C=O) groups is 2. The standard InChI is InChI=1S/C28H20N2O3S/c1-33-25-17-16-19(22-14-8-9-15-23(22)25)18-24-26(31)29(20-10-4-2-5-11-20)28(34)30(27(24)32)21-12-6-3-7-13-21/h2-18H,1H3. The van der Waals surface area contributed by atoms with Crippen molar-refractivity contribution in [2.45, 2.75) is 0 Å². The number of hydrogen-bond donors (Lipinski definition) is 0. The molecule has 0 atom stereocenters. The molecule has 0 spiro atoms. The topological polar surface area (TPSA) is 49.9 Å². The van der Waals surface area contributed by atoms with Crippen LogP contribution in [0.1, 0.15) is 5.56 Å². The lowest BCUT2D eigenvalue weighted by Crippen LogP contribution is -2.56. The number of nitrogens with zero attached hydrogens (tertiary/aromatic N) is 2. The third-order valence-electron chi connectivity index (χ3n) is 5.72. The maximum absolute atomic E-state index is 13.7. The summed E-state index contributed by atoms with van der Waals surface area (Å²) in [7, 11) is 1.62. The van der Waals surface area contributed by atoms with Crippen LogP contribution in [0.25, 0.3) is 16.8 Å². The smallest absolute Gasteiger partial charge is 0.270 e. The quantitative estimate of drug-likeness (QED) is 0.224. The zero-order chi connectivity index (χ0) is 23.7.